The smallest absolute Gasteiger partial charge is 0.504 e. The molecule has 0 saturated heterocycles. The molecule has 7 aliphatic rings. The van der Waals surface area contributed by atoms with Crippen molar-refractivity contribution in [3.8, 4) is 45.7 Å². The van der Waals surface area contributed by atoms with Gasteiger partial charge < -0.3 is 24.1 Å². The zero-order chi connectivity index (χ0) is 53.3. The SMILES string of the molecule is O=C(CCCOCCOCCOCCCC(=O)c1cc2ncc1CN1Cc3cccc(n3)-c3cccc(n3)CN(Cc3ccc-2nc3)Cc2cccc(n2)-c2cccc(n2)C1)COc1cc(/C=C/c2ccccc2)ccc1O.[Eu+3]. The van der Waals surface area contributed by atoms with Gasteiger partial charge in [-0.15, -0.1) is 0 Å². The van der Waals surface area contributed by atoms with Crippen molar-refractivity contribution in [2.45, 2.75) is 65.0 Å². The van der Waals surface area contributed by atoms with E-state index < -0.39 is 0 Å². The summed E-state index contributed by atoms with van der Waals surface area (Å²) in [6, 6.07) is 45.2. The van der Waals surface area contributed by atoms with Gasteiger partial charge in [0.2, 0.25) is 0 Å². The molecule has 0 unspecified atom stereocenters. The van der Waals surface area contributed by atoms with Gasteiger partial charge in [-0.05, 0) is 108 Å². The molecule has 79 heavy (non-hydrogen) atoms. The van der Waals surface area contributed by atoms with Crippen LogP contribution in [0.1, 0.15) is 81.1 Å². The molecule has 0 fully saturated rings. The van der Waals surface area contributed by atoms with E-state index in [-0.39, 0.29) is 85.5 Å². The molecular formula is C63H62EuN8O7+3. The summed E-state index contributed by atoms with van der Waals surface area (Å²) < 4.78 is 23.0. The number of hydrogen-bond donors (Lipinski definition) is 1. The van der Waals surface area contributed by atoms with Crippen LogP contribution in [0.15, 0.2) is 152 Å². The number of benzene rings is 2. The Kier molecular flexibility index (Phi) is 21.0. The van der Waals surface area contributed by atoms with Gasteiger partial charge in [-0.25, -0.2) is 19.9 Å². The fraction of sp³-hybridized carbons (Fsp3) is 0.270. The summed E-state index contributed by atoms with van der Waals surface area (Å²) in [7, 11) is 0. The minimum Gasteiger partial charge on any atom is -0.504 e. The van der Waals surface area contributed by atoms with Crippen LogP contribution in [0.4, 0.5) is 0 Å². The van der Waals surface area contributed by atoms with Crippen LogP contribution in [0.3, 0.4) is 0 Å². The molecule has 15 rings (SSSR count). The summed E-state index contributed by atoms with van der Waals surface area (Å²) in [6.45, 7) is 5.22. The normalized spacial score (nSPS) is 14.7. The molecule has 13 heterocycles. The van der Waals surface area contributed by atoms with E-state index in [4.69, 9.17) is 48.9 Å². The Morgan fingerprint density at radius 3 is 1.59 bits per heavy atom. The van der Waals surface area contributed by atoms with Crippen molar-refractivity contribution in [3.63, 3.8) is 0 Å². The number of ketones is 2. The molecular weight excluding hydrogens is 1130 g/mol. The molecule has 16 heteroatoms. The van der Waals surface area contributed by atoms with Gasteiger partial charge >= 0.3 is 49.4 Å². The van der Waals surface area contributed by atoms with Gasteiger partial charge in [-0.2, -0.15) is 0 Å². The second-order valence-corrected chi connectivity index (χ2v) is 19.4. The predicted molar refractivity (Wildman–Crippen MR) is 298 cm³/mol. The molecule has 0 aliphatic carbocycles. The van der Waals surface area contributed by atoms with Gasteiger partial charge in [0.05, 0.1) is 83.4 Å². The van der Waals surface area contributed by atoms with Gasteiger partial charge in [0.15, 0.2) is 23.1 Å². The second kappa shape index (κ2) is 29.0. The van der Waals surface area contributed by atoms with Crippen molar-refractivity contribution >= 4 is 23.7 Å². The van der Waals surface area contributed by atoms with Crippen LogP contribution in [0, 0.1) is 49.4 Å². The number of aromatic hydroxyl groups is 1. The second-order valence-electron chi connectivity index (χ2n) is 19.4. The van der Waals surface area contributed by atoms with Crippen LogP contribution in [0.2, 0.25) is 0 Å². The summed E-state index contributed by atoms with van der Waals surface area (Å²) in [5, 5.41) is 10.3. The monoisotopic (exact) mass is 1200 g/mol. The van der Waals surface area contributed by atoms with Crippen LogP contribution < -0.4 is 4.74 Å². The molecule has 0 saturated carbocycles. The summed E-state index contributed by atoms with van der Waals surface area (Å²) in [5.41, 5.74) is 12.3. The largest absolute Gasteiger partial charge is 3.00 e. The fourth-order valence-corrected chi connectivity index (χ4v) is 9.39. The summed E-state index contributed by atoms with van der Waals surface area (Å²) in [6.07, 6.45) is 9.23. The van der Waals surface area contributed by atoms with E-state index in [1.165, 1.54) is 0 Å². The van der Waals surface area contributed by atoms with Gasteiger partial charge in [-0.3, -0.25) is 29.4 Å². The third-order valence-corrected chi connectivity index (χ3v) is 13.3. The molecule has 400 valence electrons. The van der Waals surface area contributed by atoms with E-state index in [9.17, 15) is 14.7 Å². The van der Waals surface area contributed by atoms with Crippen molar-refractivity contribution in [1.82, 2.24) is 39.7 Å². The summed E-state index contributed by atoms with van der Waals surface area (Å²) in [5.74, 6) is 0.149. The summed E-state index contributed by atoms with van der Waals surface area (Å²) in [4.78, 5) is 61.8. The van der Waals surface area contributed by atoms with Crippen molar-refractivity contribution in [2.75, 3.05) is 46.2 Å². The number of Topliss-reactive ketones (excluding diaryl/α,β-unsaturated/α-hetero) is 2. The number of hydrogen-bond acceptors (Lipinski definition) is 15. The first-order valence-corrected chi connectivity index (χ1v) is 26.5. The number of carbonyl (C=O) groups excluding carboxylic acids is 2. The van der Waals surface area contributed by atoms with Crippen molar-refractivity contribution < 1.29 is 83.0 Å². The van der Waals surface area contributed by atoms with Gasteiger partial charge in [0, 0.05) is 83.3 Å². The van der Waals surface area contributed by atoms with Gasteiger partial charge in [-0.1, -0.05) is 78.9 Å². The van der Waals surface area contributed by atoms with Crippen LogP contribution in [-0.4, -0.2) is 103 Å². The number of phenolic OH excluding ortho intramolecular Hbond substituents is 1. The Morgan fingerprint density at radius 1 is 0.494 bits per heavy atom. The quantitative estimate of drug-likeness (QED) is 0.0433. The zero-order valence-corrected chi connectivity index (χ0v) is 46.4. The Hall–Kier alpha value is -6.60. The molecule has 0 spiro atoms. The third-order valence-electron chi connectivity index (χ3n) is 13.3. The average molecular weight is 1200 g/mol. The number of carbonyl (C=O) groups is 2. The Balaban J connectivity index is 0.00000757. The maximum absolute atomic E-state index is 14.4. The molecule has 14 bridgehead atoms. The Bertz CT molecular complexity index is 3250. The minimum absolute atomic E-state index is 0. The molecule has 0 amide bonds. The number of ether oxygens (including phenoxy) is 4. The number of nitrogens with zero attached hydrogens (tertiary/aromatic N) is 8. The minimum atomic E-state index is -0.140. The molecule has 0 atom stereocenters. The Morgan fingerprint density at radius 2 is 1.03 bits per heavy atom. The molecule has 6 aromatic heterocycles. The van der Waals surface area contributed by atoms with Crippen molar-refractivity contribution in [2.24, 2.45) is 0 Å². The number of aromatic nitrogens is 6. The molecule has 7 aliphatic heterocycles. The zero-order valence-electron chi connectivity index (χ0n) is 44.0. The van der Waals surface area contributed by atoms with Gasteiger partial charge in [0.25, 0.3) is 0 Å². The van der Waals surface area contributed by atoms with Crippen LogP contribution in [0.5, 0.6) is 11.5 Å². The first-order chi connectivity index (χ1) is 38.3. The van der Waals surface area contributed by atoms with E-state index in [0.29, 0.717) is 115 Å². The van der Waals surface area contributed by atoms with E-state index >= 15 is 0 Å². The maximum Gasteiger partial charge on any atom is 3.00 e. The molecule has 2 aromatic carbocycles. The molecule has 15 nitrogen and oxygen atoms in total. The number of rotatable bonds is 20. The predicted octanol–water partition coefficient (Wildman–Crippen LogP) is 10.4. The van der Waals surface area contributed by atoms with E-state index in [1.54, 1.807) is 18.2 Å². The molecule has 8 aromatic rings. The first-order valence-electron chi connectivity index (χ1n) is 26.5. The maximum atomic E-state index is 14.4. The van der Waals surface area contributed by atoms with Crippen molar-refractivity contribution in [1.29, 1.82) is 0 Å². The first kappa shape index (κ1) is 57.1. The number of phenols is 1. The topological polar surface area (TPSA) is 175 Å². The van der Waals surface area contributed by atoms with E-state index in [1.807, 2.05) is 128 Å². The fourth-order valence-electron chi connectivity index (χ4n) is 9.39. The van der Waals surface area contributed by atoms with E-state index in [2.05, 4.69) is 28.0 Å². The van der Waals surface area contributed by atoms with E-state index in [0.717, 1.165) is 67.8 Å². The van der Waals surface area contributed by atoms with Crippen LogP contribution >= 0.6 is 0 Å². The van der Waals surface area contributed by atoms with Crippen LogP contribution in [0.25, 0.3) is 46.3 Å². The standard InChI is InChI=1S/C63H62N8O7.Eu/c72-53(44-78-63-34-46(25-27-62(63)74)23-22-45-10-2-1-3-11-45)16-8-28-75-30-32-77-33-31-76-29-9-21-61(73)54-35-60-55-26-24-47(36-64-55)38-70-40-49-12-4-17-56(66-49)58-19-6-14-51(68-58)42-71(39-48(54)37-65-60)43-52-15-7-20-59(69-52)57-18-5-13-50(41-70)67-57;/h1-7,10-15,17-20,22-27,34-37,74H,8-9,16,21,28-33,38-44H2;/q;+3/b23-22+;. The molecule has 0 radical (unpaired) electrons. The van der Waals surface area contributed by atoms with Crippen molar-refractivity contribution in [3.05, 3.63) is 203 Å². The summed E-state index contributed by atoms with van der Waals surface area (Å²) >= 11 is 0. The van der Waals surface area contributed by atoms with Gasteiger partial charge in [0.1, 0.15) is 6.61 Å². The van der Waals surface area contributed by atoms with Crippen LogP contribution in [-0.2, 0) is 58.3 Å². The molecule has 1 N–H and O–H groups in total. The Labute approximate surface area is 501 Å². The third kappa shape index (κ3) is 16.7. The number of pyridine rings is 6. The average Bonchev–Trinajstić information content (AvgIpc) is 3.50.